The van der Waals surface area contributed by atoms with E-state index in [2.05, 4.69) is 5.32 Å². The summed E-state index contributed by atoms with van der Waals surface area (Å²) in [6.45, 7) is 4.05. The molecule has 2 aromatic carbocycles. The average Bonchev–Trinajstić information content (AvgIpc) is 2.67. The predicted octanol–water partition coefficient (Wildman–Crippen LogP) is 4.46. The first-order valence-electron chi connectivity index (χ1n) is 8.76. The van der Waals surface area contributed by atoms with Gasteiger partial charge in [-0.1, -0.05) is 18.5 Å². The third-order valence-electron chi connectivity index (χ3n) is 3.46. The zero-order valence-electron chi connectivity index (χ0n) is 15.6. The van der Waals surface area contributed by atoms with Gasteiger partial charge in [-0.05, 0) is 49.7 Å². The van der Waals surface area contributed by atoms with Gasteiger partial charge in [0.1, 0.15) is 5.82 Å². The van der Waals surface area contributed by atoms with Crippen molar-refractivity contribution in [2.24, 2.45) is 0 Å². The summed E-state index contributed by atoms with van der Waals surface area (Å²) < 4.78 is 29.0. The number of hydrogen-bond donors (Lipinski definition) is 1. The van der Waals surface area contributed by atoms with E-state index >= 15 is 0 Å². The molecular weight excluding hydrogens is 389 g/mol. The van der Waals surface area contributed by atoms with E-state index in [1.807, 2.05) is 6.92 Å². The number of carbonyl (C=O) groups is 2. The van der Waals surface area contributed by atoms with Gasteiger partial charge in [-0.2, -0.15) is 0 Å². The Morgan fingerprint density at radius 3 is 2.46 bits per heavy atom. The van der Waals surface area contributed by atoms with Crippen LogP contribution in [0.3, 0.4) is 0 Å². The molecule has 0 aromatic heterocycles. The van der Waals surface area contributed by atoms with E-state index in [1.165, 1.54) is 36.4 Å². The molecule has 0 aliphatic heterocycles. The van der Waals surface area contributed by atoms with Crippen molar-refractivity contribution in [3.05, 3.63) is 52.8 Å². The highest BCUT2D eigenvalue weighted by Crippen LogP contribution is 2.37. The van der Waals surface area contributed by atoms with Crippen molar-refractivity contribution in [2.45, 2.75) is 20.3 Å². The zero-order valence-corrected chi connectivity index (χ0v) is 16.3. The molecule has 0 atom stereocenters. The first kappa shape index (κ1) is 21.5. The Kier molecular flexibility index (Phi) is 8.07. The van der Waals surface area contributed by atoms with Crippen LogP contribution in [-0.2, 0) is 9.53 Å². The van der Waals surface area contributed by atoms with Gasteiger partial charge in [0.2, 0.25) is 0 Å². The molecule has 8 heteroatoms. The molecule has 150 valence electrons. The third kappa shape index (κ3) is 6.13. The van der Waals surface area contributed by atoms with E-state index in [1.54, 1.807) is 6.92 Å². The van der Waals surface area contributed by atoms with Crippen molar-refractivity contribution in [1.29, 1.82) is 0 Å². The van der Waals surface area contributed by atoms with Gasteiger partial charge < -0.3 is 19.5 Å². The Bertz CT molecular complexity index is 826. The molecule has 0 aliphatic rings. The molecule has 0 saturated heterocycles. The maximum Gasteiger partial charge on any atom is 0.338 e. The van der Waals surface area contributed by atoms with Crippen LogP contribution in [0.25, 0.3) is 0 Å². The largest absolute Gasteiger partial charge is 0.490 e. The Hall–Kier alpha value is -2.80. The van der Waals surface area contributed by atoms with Crippen molar-refractivity contribution >= 4 is 29.2 Å². The van der Waals surface area contributed by atoms with Crippen LogP contribution in [-0.4, -0.2) is 31.7 Å². The summed E-state index contributed by atoms with van der Waals surface area (Å²) in [5, 5.41) is 2.71. The lowest BCUT2D eigenvalue weighted by molar-refractivity contribution is -0.119. The first-order valence-corrected chi connectivity index (χ1v) is 9.14. The van der Waals surface area contributed by atoms with Gasteiger partial charge >= 0.3 is 5.97 Å². The summed E-state index contributed by atoms with van der Waals surface area (Å²) >= 11 is 6.21. The molecule has 0 spiro atoms. The number of anilines is 1. The van der Waals surface area contributed by atoms with Gasteiger partial charge in [0.25, 0.3) is 5.91 Å². The van der Waals surface area contributed by atoms with E-state index in [-0.39, 0.29) is 10.6 Å². The number of carbonyl (C=O) groups excluding carboxylic acids is 2. The van der Waals surface area contributed by atoms with Crippen LogP contribution in [0.4, 0.5) is 10.1 Å². The molecule has 28 heavy (non-hydrogen) atoms. The van der Waals surface area contributed by atoms with Crippen molar-refractivity contribution in [3.8, 4) is 11.5 Å². The highest BCUT2D eigenvalue weighted by Gasteiger charge is 2.18. The number of nitrogens with one attached hydrogen (secondary N) is 1. The standard InChI is InChI=1S/C20H21ClFNO5/c1-3-9-27-19-16(21)10-13(11-17(19)26-4-2)20(25)28-12-18(24)23-15-7-5-14(22)6-8-15/h5-8,10-11H,3-4,9,12H2,1-2H3,(H,23,24). The predicted molar refractivity (Wildman–Crippen MR) is 104 cm³/mol. The van der Waals surface area contributed by atoms with Crippen molar-refractivity contribution in [2.75, 3.05) is 25.1 Å². The Morgan fingerprint density at radius 2 is 1.82 bits per heavy atom. The smallest absolute Gasteiger partial charge is 0.338 e. The Balaban J connectivity index is 2.02. The van der Waals surface area contributed by atoms with Crippen LogP contribution in [0.5, 0.6) is 11.5 Å². The topological polar surface area (TPSA) is 73.9 Å². The Labute approximate surface area is 167 Å². The number of esters is 1. The number of ether oxygens (including phenoxy) is 3. The van der Waals surface area contributed by atoms with Crippen molar-refractivity contribution in [1.82, 2.24) is 0 Å². The highest BCUT2D eigenvalue weighted by atomic mass is 35.5. The second-order valence-electron chi connectivity index (χ2n) is 5.70. The minimum Gasteiger partial charge on any atom is -0.490 e. The van der Waals surface area contributed by atoms with Gasteiger partial charge in [-0.3, -0.25) is 4.79 Å². The second-order valence-corrected chi connectivity index (χ2v) is 6.11. The average molecular weight is 410 g/mol. The summed E-state index contributed by atoms with van der Waals surface area (Å²) in [6.07, 6.45) is 0.787. The van der Waals surface area contributed by atoms with E-state index in [0.29, 0.717) is 30.4 Å². The minimum absolute atomic E-state index is 0.131. The summed E-state index contributed by atoms with van der Waals surface area (Å²) in [5.74, 6) is -1.03. The zero-order chi connectivity index (χ0) is 20.5. The third-order valence-corrected chi connectivity index (χ3v) is 3.74. The van der Waals surface area contributed by atoms with E-state index in [9.17, 15) is 14.0 Å². The molecule has 0 radical (unpaired) electrons. The molecule has 0 aliphatic carbocycles. The fourth-order valence-electron chi connectivity index (χ4n) is 2.24. The SMILES string of the molecule is CCCOc1c(Cl)cc(C(=O)OCC(=O)Nc2ccc(F)cc2)cc1OCC. The van der Waals surface area contributed by atoms with Gasteiger partial charge in [0.15, 0.2) is 18.1 Å². The molecule has 0 unspecified atom stereocenters. The quantitative estimate of drug-likeness (QED) is 0.619. The van der Waals surface area contributed by atoms with Gasteiger partial charge in [-0.25, -0.2) is 9.18 Å². The lowest BCUT2D eigenvalue weighted by Gasteiger charge is -2.14. The first-order chi connectivity index (χ1) is 13.4. The number of hydrogen-bond acceptors (Lipinski definition) is 5. The number of rotatable bonds is 9. The summed E-state index contributed by atoms with van der Waals surface area (Å²) in [6, 6.07) is 8.08. The lowest BCUT2D eigenvalue weighted by atomic mass is 10.2. The second kappa shape index (κ2) is 10.5. The summed E-state index contributed by atoms with van der Waals surface area (Å²) in [4.78, 5) is 24.2. The van der Waals surface area contributed by atoms with Crippen LogP contribution in [0.2, 0.25) is 5.02 Å². The van der Waals surface area contributed by atoms with Crippen molar-refractivity contribution in [3.63, 3.8) is 0 Å². The maximum atomic E-state index is 12.9. The molecule has 0 fully saturated rings. The molecule has 0 bridgehead atoms. The molecule has 2 aromatic rings. The number of halogens is 2. The highest BCUT2D eigenvalue weighted by molar-refractivity contribution is 6.32. The molecule has 2 rings (SSSR count). The Morgan fingerprint density at radius 1 is 1.11 bits per heavy atom. The van der Waals surface area contributed by atoms with Gasteiger partial charge in [0.05, 0.1) is 23.8 Å². The van der Waals surface area contributed by atoms with Crippen LogP contribution in [0.15, 0.2) is 36.4 Å². The molecule has 1 N–H and O–H groups in total. The molecule has 6 nitrogen and oxygen atoms in total. The van der Waals surface area contributed by atoms with Crippen LogP contribution < -0.4 is 14.8 Å². The summed E-state index contributed by atoms with van der Waals surface area (Å²) in [7, 11) is 0. The minimum atomic E-state index is -0.737. The van der Waals surface area contributed by atoms with E-state index in [0.717, 1.165) is 6.42 Å². The monoisotopic (exact) mass is 409 g/mol. The van der Waals surface area contributed by atoms with Gasteiger partial charge in [0, 0.05) is 5.69 Å². The lowest BCUT2D eigenvalue weighted by Crippen LogP contribution is -2.21. The summed E-state index contributed by atoms with van der Waals surface area (Å²) in [5.41, 5.74) is 0.522. The normalized spacial score (nSPS) is 10.3. The fourth-order valence-corrected chi connectivity index (χ4v) is 2.50. The molecule has 0 saturated carbocycles. The number of benzene rings is 2. The van der Waals surface area contributed by atoms with Gasteiger partial charge in [-0.15, -0.1) is 0 Å². The van der Waals surface area contributed by atoms with Crippen LogP contribution >= 0.6 is 11.6 Å². The maximum absolute atomic E-state index is 12.9. The number of amides is 1. The fraction of sp³-hybridized carbons (Fsp3) is 0.300. The van der Waals surface area contributed by atoms with E-state index < -0.39 is 24.3 Å². The van der Waals surface area contributed by atoms with Crippen LogP contribution in [0.1, 0.15) is 30.6 Å². The van der Waals surface area contributed by atoms with Crippen LogP contribution in [0, 0.1) is 5.82 Å². The molecular formula is C20H21ClFNO5. The van der Waals surface area contributed by atoms with E-state index in [4.69, 9.17) is 25.8 Å². The molecule has 0 heterocycles. The van der Waals surface area contributed by atoms with Crippen molar-refractivity contribution < 1.29 is 28.2 Å². The molecule has 1 amide bonds.